The van der Waals surface area contributed by atoms with Crippen molar-refractivity contribution in [3.63, 3.8) is 0 Å². The summed E-state index contributed by atoms with van der Waals surface area (Å²) in [5.41, 5.74) is 0. The second kappa shape index (κ2) is 20.9. The van der Waals surface area contributed by atoms with Gasteiger partial charge in [-0.15, -0.1) is 0 Å². The molecular weight excluding hydrogens is 342 g/mol. The lowest BCUT2D eigenvalue weighted by Crippen LogP contribution is -2.40. The van der Waals surface area contributed by atoms with Crippen molar-refractivity contribution in [1.82, 2.24) is 15.5 Å². The smallest absolute Gasteiger partial charge is 0.314 e. The van der Waals surface area contributed by atoms with Crippen molar-refractivity contribution in [3.8, 4) is 0 Å². The molecule has 0 fully saturated rings. The maximum atomic E-state index is 11.7. The van der Waals surface area contributed by atoms with Crippen molar-refractivity contribution in [2.75, 3.05) is 44.2 Å². The molecule has 0 rings (SSSR count). The molecule has 0 aromatic heterocycles. The normalized spacial score (nSPS) is 11.1. The fraction of sp³-hybridized carbons (Fsp3) is 0.952. The Morgan fingerprint density at radius 1 is 0.731 bits per heavy atom. The maximum Gasteiger partial charge on any atom is 0.314 e. The Hall–Kier alpha value is -0.420. The minimum Gasteiger partial charge on any atom is -0.338 e. The summed E-state index contributed by atoms with van der Waals surface area (Å²) in [6.45, 7) is 11.1. The third kappa shape index (κ3) is 18.4. The lowest BCUT2D eigenvalue weighted by atomic mass is 10.1. The van der Waals surface area contributed by atoms with Crippen molar-refractivity contribution >= 4 is 17.8 Å². The van der Waals surface area contributed by atoms with Gasteiger partial charge in [0.2, 0.25) is 0 Å². The Morgan fingerprint density at radius 3 is 1.88 bits per heavy atom. The van der Waals surface area contributed by atoms with Gasteiger partial charge in [-0.3, -0.25) is 0 Å². The van der Waals surface area contributed by atoms with Gasteiger partial charge in [0.25, 0.3) is 0 Å². The lowest BCUT2D eigenvalue weighted by molar-refractivity contribution is 0.237. The molecule has 0 aromatic carbocycles. The van der Waals surface area contributed by atoms with Gasteiger partial charge in [-0.25, -0.2) is 4.79 Å². The monoisotopic (exact) mass is 387 g/mol. The topological polar surface area (TPSA) is 44.4 Å². The summed E-state index contributed by atoms with van der Waals surface area (Å²) in [6, 6.07) is -0.0268. The molecule has 2 amide bonds. The van der Waals surface area contributed by atoms with Gasteiger partial charge in [-0.1, -0.05) is 72.1 Å². The largest absolute Gasteiger partial charge is 0.338 e. The summed E-state index contributed by atoms with van der Waals surface area (Å²) < 4.78 is 0. The number of urea groups is 1. The SMILES string of the molecule is CCCCCCCCCCCSCCCNC(=O)NCCN(CC)CC. The first-order valence-electron chi connectivity index (χ1n) is 11.1. The zero-order chi connectivity index (χ0) is 19.3. The molecule has 0 aliphatic heterocycles. The summed E-state index contributed by atoms with van der Waals surface area (Å²) >= 11 is 2.03. The number of rotatable bonds is 19. The van der Waals surface area contributed by atoms with Gasteiger partial charge in [-0.2, -0.15) is 11.8 Å². The molecule has 0 atom stereocenters. The molecule has 0 bridgehead atoms. The number of hydrogen-bond acceptors (Lipinski definition) is 3. The van der Waals surface area contributed by atoms with Crippen LogP contribution >= 0.6 is 11.8 Å². The molecule has 0 unspecified atom stereocenters. The predicted molar refractivity (Wildman–Crippen MR) is 118 cm³/mol. The molecule has 0 radical (unpaired) electrons. The lowest BCUT2D eigenvalue weighted by Gasteiger charge is -2.18. The molecule has 2 N–H and O–H groups in total. The molecule has 0 saturated heterocycles. The van der Waals surface area contributed by atoms with Crippen LogP contribution in [0.3, 0.4) is 0 Å². The Labute approximate surface area is 167 Å². The number of carbonyl (C=O) groups is 1. The number of nitrogens with zero attached hydrogens (tertiary/aromatic N) is 1. The van der Waals surface area contributed by atoms with Crippen molar-refractivity contribution < 1.29 is 4.79 Å². The van der Waals surface area contributed by atoms with E-state index in [9.17, 15) is 4.79 Å². The number of amides is 2. The van der Waals surface area contributed by atoms with Gasteiger partial charge in [0, 0.05) is 19.6 Å². The number of hydrogen-bond donors (Lipinski definition) is 2. The molecule has 4 nitrogen and oxygen atoms in total. The zero-order valence-corrected chi connectivity index (χ0v) is 18.6. The van der Waals surface area contributed by atoms with Crippen LogP contribution in [-0.4, -0.2) is 55.2 Å². The van der Waals surface area contributed by atoms with E-state index in [0.717, 1.165) is 44.9 Å². The predicted octanol–water partition coefficient (Wildman–Crippen LogP) is 5.28. The van der Waals surface area contributed by atoms with E-state index in [0.29, 0.717) is 0 Å². The van der Waals surface area contributed by atoms with Crippen LogP contribution < -0.4 is 10.6 Å². The summed E-state index contributed by atoms with van der Waals surface area (Å²) in [6.07, 6.45) is 13.6. The molecule has 156 valence electrons. The van der Waals surface area contributed by atoms with Crippen LogP contribution in [0, 0.1) is 0 Å². The number of nitrogens with one attached hydrogen (secondary N) is 2. The highest BCUT2D eigenvalue weighted by Gasteiger charge is 2.01. The molecule has 0 aromatic rings. The summed E-state index contributed by atoms with van der Waals surface area (Å²) in [7, 11) is 0. The minimum absolute atomic E-state index is 0.0268. The number of thioether (sulfide) groups is 1. The fourth-order valence-electron chi connectivity index (χ4n) is 2.92. The Kier molecular flexibility index (Phi) is 20.5. The van der Waals surface area contributed by atoms with E-state index in [4.69, 9.17) is 0 Å². The first-order valence-corrected chi connectivity index (χ1v) is 12.2. The Morgan fingerprint density at radius 2 is 1.27 bits per heavy atom. The van der Waals surface area contributed by atoms with E-state index < -0.39 is 0 Å². The molecular formula is C21H45N3OS. The quantitative estimate of drug-likeness (QED) is 0.296. The van der Waals surface area contributed by atoms with Gasteiger partial charge in [-0.05, 0) is 37.4 Å². The summed E-state index contributed by atoms with van der Waals surface area (Å²) in [5.74, 6) is 2.42. The van der Waals surface area contributed by atoms with Crippen molar-refractivity contribution in [2.45, 2.75) is 85.0 Å². The van der Waals surface area contributed by atoms with Crippen LogP contribution in [-0.2, 0) is 0 Å². The molecule has 5 heteroatoms. The Balaban J connectivity index is 3.20. The van der Waals surface area contributed by atoms with Gasteiger partial charge in [0.15, 0.2) is 0 Å². The van der Waals surface area contributed by atoms with E-state index in [1.807, 2.05) is 11.8 Å². The van der Waals surface area contributed by atoms with Crippen LogP contribution in [0.15, 0.2) is 0 Å². The third-order valence-electron chi connectivity index (χ3n) is 4.75. The number of unbranched alkanes of at least 4 members (excludes halogenated alkanes) is 8. The van der Waals surface area contributed by atoms with Gasteiger partial charge in [0.1, 0.15) is 0 Å². The first kappa shape index (κ1) is 25.6. The number of carbonyl (C=O) groups excluding carboxylic acids is 1. The van der Waals surface area contributed by atoms with E-state index in [1.54, 1.807) is 0 Å². The molecule has 26 heavy (non-hydrogen) atoms. The molecule has 0 aliphatic carbocycles. The maximum absolute atomic E-state index is 11.7. The van der Waals surface area contributed by atoms with Gasteiger partial charge in [0.05, 0.1) is 0 Å². The molecule has 0 saturated carbocycles. The third-order valence-corrected chi connectivity index (χ3v) is 5.91. The van der Waals surface area contributed by atoms with Gasteiger partial charge >= 0.3 is 6.03 Å². The van der Waals surface area contributed by atoms with Crippen LogP contribution in [0.1, 0.15) is 85.0 Å². The zero-order valence-electron chi connectivity index (χ0n) is 17.8. The highest BCUT2D eigenvalue weighted by atomic mass is 32.2. The van der Waals surface area contributed by atoms with Crippen LogP contribution in [0.25, 0.3) is 0 Å². The highest BCUT2D eigenvalue weighted by Crippen LogP contribution is 2.12. The first-order chi connectivity index (χ1) is 12.7. The van der Waals surface area contributed by atoms with Crippen LogP contribution in [0.4, 0.5) is 4.79 Å². The molecule has 0 aliphatic rings. The fourth-order valence-corrected chi connectivity index (χ4v) is 3.88. The van der Waals surface area contributed by atoms with Crippen LogP contribution in [0.2, 0.25) is 0 Å². The standard InChI is InChI=1S/C21H45N3OS/c1-4-7-8-9-10-11-12-13-14-19-26-20-15-16-22-21(25)23-17-18-24(5-2)6-3/h4-20H2,1-3H3,(H2,22,23,25). The Bertz CT molecular complexity index is 299. The minimum atomic E-state index is -0.0268. The van der Waals surface area contributed by atoms with Crippen molar-refractivity contribution in [3.05, 3.63) is 0 Å². The average Bonchev–Trinajstić information content (AvgIpc) is 2.65. The van der Waals surface area contributed by atoms with Crippen molar-refractivity contribution in [2.24, 2.45) is 0 Å². The van der Waals surface area contributed by atoms with Crippen molar-refractivity contribution in [1.29, 1.82) is 0 Å². The molecule has 0 heterocycles. The average molecular weight is 388 g/mol. The summed E-state index contributed by atoms with van der Waals surface area (Å²) in [5, 5.41) is 5.88. The summed E-state index contributed by atoms with van der Waals surface area (Å²) in [4.78, 5) is 14.0. The van der Waals surface area contributed by atoms with E-state index in [1.165, 1.54) is 63.5 Å². The van der Waals surface area contributed by atoms with E-state index >= 15 is 0 Å². The van der Waals surface area contributed by atoms with E-state index in [-0.39, 0.29) is 6.03 Å². The highest BCUT2D eigenvalue weighted by molar-refractivity contribution is 7.99. The van der Waals surface area contributed by atoms with Gasteiger partial charge < -0.3 is 15.5 Å². The molecule has 0 spiro atoms. The van der Waals surface area contributed by atoms with Crippen LogP contribution in [0.5, 0.6) is 0 Å². The van der Waals surface area contributed by atoms with E-state index in [2.05, 4.69) is 36.3 Å². The number of likely N-dealkylation sites (N-methyl/N-ethyl adjacent to an activating group) is 1. The second-order valence-electron chi connectivity index (χ2n) is 7.00. The second-order valence-corrected chi connectivity index (χ2v) is 8.23.